The van der Waals surface area contributed by atoms with E-state index in [9.17, 15) is 18.3 Å². The Bertz CT molecular complexity index is 314. The van der Waals surface area contributed by atoms with E-state index in [1.54, 1.807) is 4.90 Å². The minimum Gasteiger partial charge on any atom is -0.380 e. The molecule has 0 aromatic heterocycles. The second kappa shape index (κ2) is 6.20. The lowest BCUT2D eigenvalue weighted by molar-refractivity contribution is -0.257. The van der Waals surface area contributed by atoms with Crippen LogP contribution in [0.15, 0.2) is 0 Å². The maximum atomic E-state index is 12.7. The number of likely N-dealkylation sites (tertiary alicyclic amines) is 2. The summed E-state index contributed by atoms with van der Waals surface area (Å²) in [5.41, 5.74) is -2.61. The molecule has 0 amide bonds. The number of hydrogen-bond acceptors (Lipinski definition) is 3. The summed E-state index contributed by atoms with van der Waals surface area (Å²) in [6.07, 6.45) is 0.799. The van der Waals surface area contributed by atoms with Crippen molar-refractivity contribution in [3.05, 3.63) is 0 Å². The lowest BCUT2D eigenvalue weighted by atomic mass is 10.1. The van der Waals surface area contributed by atoms with Gasteiger partial charge in [-0.1, -0.05) is 0 Å². The third-order valence-corrected chi connectivity index (χ3v) is 4.59. The molecule has 20 heavy (non-hydrogen) atoms. The highest BCUT2D eigenvalue weighted by Crippen LogP contribution is 2.31. The van der Waals surface area contributed by atoms with Crippen LogP contribution in [0.2, 0.25) is 0 Å². The average molecular weight is 294 g/mol. The van der Waals surface area contributed by atoms with Crippen molar-refractivity contribution in [1.29, 1.82) is 0 Å². The summed E-state index contributed by atoms with van der Waals surface area (Å²) in [5.74, 6) is 0. The standard InChI is InChI=1S/C14H25F3N2O/c1-13(20,14(15,16)17)11-18-7-4-5-12(6-10-18)19-8-2-3-9-19/h12,20H,2-11H2,1H3/t12-,13+/m0/s1. The number of hydrogen-bond donors (Lipinski definition) is 1. The van der Waals surface area contributed by atoms with Crippen LogP contribution in [0.4, 0.5) is 13.2 Å². The highest BCUT2D eigenvalue weighted by atomic mass is 19.4. The highest BCUT2D eigenvalue weighted by molar-refractivity contribution is 4.87. The Kier molecular flexibility index (Phi) is 4.97. The molecule has 2 aliphatic rings. The predicted molar refractivity (Wildman–Crippen MR) is 71.6 cm³/mol. The van der Waals surface area contributed by atoms with Gasteiger partial charge >= 0.3 is 6.18 Å². The molecule has 0 aromatic carbocycles. The SMILES string of the molecule is C[C@@](O)(CN1CCC[C@H](N2CCCC2)CC1)C(F)(F)F. The van der Waals surface area contributed by atoms with Crippen molar-refractivity contribution in [1.82, 2.24) is 9.80 Å². The average Bonchev–Trinajstić information content (AvgIpc) is 2.76. The van der Waals surface area contributed by atoms with E-state index in [0.717, 1.165) is 39.3 Å². The summed E-state index contributed by atoms with van der Waals surface area (Å²) in [6, 6.07) is 0.512. The van der Waals surface area contributed by atoms with Gasteiger partial charge in [0.15, 0.2) is 5.60 Å². The van der Waals surface area contributed by atoms with Gasteiger partial charge in [0.25, 0.3) is 0 Å². The van der Waals surface area contributed by atoms with E-state index in [4.69, 9.17) is 0 Å². The van der Waals surface area contributed by atoms with E-state index in [2.05, 4.69) is 4.90 Å². The van der Waals surface area contributed by atoms with Gasteiger partial charge in [-0.3, -0.25) is 0 Å². The first-order valence-electron chi connectivity index (χ1n) is 7.55. The fraction of sp³-hybridized carbons (Fsp3) is 1.00. The number of nitrogens with zero attached hydrogens (tertiary/aromatic N) is 2. The molecule has 0 bridgehead atoms. The third-order valence-electron chi connectivity index (χ3n) is 4.59. The zero-order valence-corrected chi connectivity index (χ0v) is 12.1. The number of halogens is 3. The van der Waals surface area contributed by atoms with Crippen molar-refractivity contribution < 1.29 is 18.3 Å². The molecule has 0 aromatic rings. The molecule has 2 fully saturated rings. The fourth-order valence-corrected chi connectivity index (χ4v) is 3.29. The summed E-state index contributed by atoms with van der Waals surface area (Å²) < 4.78 is 38.2. The molecule has 2 atom stereocenters. The van der Waals surface area contributed by atoms with Gasteiger partial charge in [-0.25, -0.2) is 0 Å². The van der Waals surface area contributed by atoms with Crippen molar-refractivity contribution in [2.75, 3.05) is 32.7 Å². The summed E-state index contributed by atoms with van der Waals surface area (Å²) >= 11 is 0. The smallest absolute Gasteiger partial charge is 0.380 e. The summed E-state index contributed by atoms with van der Waals surface area (Å²) in [4.78, 5) is 4.25. The molecule has 2 rings (SSSR count). The normalized spacial score (nSPS) is 30.1. The minimum absolute atomic E-state index is 0.316. The molecule has 0 unspecified atom stereocenters. The topological polar surface area (TPSA) is 26.7 Å². The Morgan fingerprint density at radius 3 is 2.25 bits per heavy atom. The molecular weight excluding hydrogens is 269 g/mol. The molecule has 2 saturated heterocycles. The Hall–Kier alpha value is -0.330. The quantitative estimate of drug-likeness (QED) is 0.865. The lowest BCUT2D eigenvalue weighted by Gasteiger charge is -2.32. The van der Waals surface area contributed by atoms with E-state index < -0.39 is 11.8 Å². The Balaban J connectivity index is 1.86. The van der Waals surface area contributed by atoms with Crippen molar-refractivity contribution in [3.8, 4) is 0 Å². The van der Waals surface area contributed by atoms with Gasteiger partial charge in [-0.15, -0.1) is 0 Å². The number of β-amino-alcohol motifs (C(OH)–C–C–N with tert-alkyl or cyclic N) is 1. The van der Waals surface area contributed by atoms with Gasteiger partial charge in [0.2, 0.25) is 0 Å². The molecule has 0 aliphatic carbocycles. The minimum atomic E-state index is -4.56. The number of rotatable bonds is 3. The van der Waals surface area contributed by atoms with Crippen LogP contribution in [0.5, 0.6) is 0 Å². The Labute approximate surface area is 118 Å². The van der Waals surface area contributed by atoms with Crippen molar-refractivity contribution in [2.24, 2.45) is 0 Å². The Morgan fingerprint density at radius 2 is 1.65 bits per heavy atom. The first-order chi connectivity index (χ1) is 9.29. The van der Waals surface area contributed by atoms with Crippen LogP contribution >= 0.6 is 0 Å². The van der Waals surface area contributed by atoms with Crippen LogP contribution in [-0.2, 0) is 0 Å². The zero-order valence-electron chi connectivity index (χ0n) is 12.1. The zero-order chi connectivity index (χ0) is 14.8. The number of aliphatic hydroxyl groups is 1. The predicted octanol–water partition coefficient (Wildman–Crippen LogP) is 2.25. The van der Waals surface area contributed by atoms with Gasteiger partial charge in [-0.2, -0.15) is 13.2 Å². The molecule has 2 heterocycles. The van der Waals surface area contributed by atoms with Gasteiger partial charge in [0.05, 0.1) is 0 Å². The molecule has 0 spiro atoms. The largest absolute Gasteiger partial charge is 0.418 e. The summed E-state index contributed by atoms with van der Waals surface area (Å²) in [6.45, 7) is 4.11. The van der Waals surface area contributed by atoms with Crippen LogP contribution in [0.1, 0.15) is 39.0 Å². The lowest BCUT2D eigenvalue weighted by Crippen LogP contribution is -2.51. The van der Waals surface area contributed by atoms with Crippen LogP contribution < -0.4 is 0 Å². The Morgan fingerprint density at radius 1 is 1.00 bits per heavy atom. The first kappa shape index (κ1) is 16.0. The second-order valence-electron chi connectivity index (χ2n) is 6.38. The molecule has 0 radical (unpaired) electrons. The number of alkyl halides is 3. The van der Waals surface area contributed by atoms with Crippen molar-refractivity contribution in [3.63, 3.8) is 0 Å². The molecule has 2 aliphatic heterocycles. The molecule has 6 heteroatoms. The second-order valence-corrected chi connectivity index (χ2v) is 6.38. The van der Waals surface area contributed by atoms with Crippen molar-refractivity contribution in [2.45, 2.75) is 56.8 Å². The van der Waals surface area contributed by atoms with E-state index >= 15 is 0 Å². The molecule has 0 saturated carbocycles. The van der Waals surface area contributed by atoms with Crippen LogP contribution in [0.25, 0.3) is 0 Å². The van der Waals surface area contributed by atoms with Crippen LogP contribution in [-0.4, -0.2) is 65.4 Å². The van der Waals surface area contributed by atoms with E-state index in [1.165, 1.54) is 12.8 Å². The van der Waals surface area contributed by atoms with Crippen LogP contribution in [0.3, 0.4) is 0 Å². The van der Waals surface area contributed by atoms with E-state index in [-0.39, 0.29) is 6.54 Å². The molecule has 1 N–H and O–H groups in total. The van der Waals surface area contributed by atoms with Gasteiger partial charge in [-0.05, 0) is 65.2 Å². The molecule has 118 valence electrons. The van der Waals surface area contributed by atoms with Gasteiger partial charge in [0.1, 0.15) is 0 Å². The first-order valence-corrected chi connectivity index (χ1v) is 7.55. The highest BCUT2D eigenvalue weighted by Gasteiger charge is 2.50. The van der Waals surface area contributed by atoms with Crippen molar-refractivity contribution >= 4 is 0 Å². The third kappa shape index (κ3) is 3.86. The monoisotopic (exact) mass is 294 g/mol. The molecule has 3 nitrogen and oxygen atoms in total. The van der Waals surface area contributed by atoms with Gasteiger partial charge in [0, 0.05) is 12.6 Å². The maximum absolute atomic E-state index is 12.7. The fourth-order valence-electron chi connectivity index (χ4n) is 3.29. The summed E-state index contributed by atoms with van der Waals surface area (Å²) in [7, 11) is 0. The summed E-state index contributed by atoms with van der Waals surface area (Å²) in [5, 5.41) is 9.60. The van der Waals surface area contributed by atoms with Crippen LogP contribution in [0, 0.1) is 0 Å². The van der Waals surface area contributed by atoms with E-state index in [0.29, 0.717) is 19.1 Å². The maximum Gasteiger partial charge on any atom is 0.418 e. The molecular formula is C14H25F3N2O. The van der Waals surface area contributed by atoms with Gasteiger partial charge < -0.3 is 14.9 Å². The van der Waals surface area contributed by atoms with E-state index in [1.807, 2.05) is 0 Å².